The van der Waals surface area contributed by atoms with Gasteiger partial charge in [0.15, 0.2) is 0 Å². The van der Waals surface area contributed by atoms with Crippen LogP contribution in [0, 0.1) is 23.7 Å². The molecule has 4 atom stereocenters. The van der Waals surface area contributed by atoms with E-state index in [0.717, 1.165) is 17.8 Å². The normalized spacial score (nSPS) is 19.6. The highest BCUT2D eigenvalue weighted by atomic mass is 14.6. The van der Waals surface area contributed by atoms with Gasteiger partial charge in [0.1, 0.15) is 0 Å². The fourth-order valence-electron chi connectivity index (χ4n) is 3.06. The number of hydrogen-bond acceptors (Lipinski definition) is 1. The smallest absolute Gasteiger partial charge is 0.0273 e. The maximum absolute atomic E-state index is 4.23. The molecular weight excluding hydrogens is 194 g/mol. The predicted octanol–water partition coefficient (Wildman–Crippen LogP) is 4.81. The zero-order chi connectivity index (χ0) is 12.6. The molecule has 0 fully saturated rings. The van der Waals surface area contributed by atoms with Crippen molar-refractivity contribution in [1.29, 1.82) is 0 Å². The average Bonchev–Trinajstić information content (AvgIpc) is 2.28. The first-order valence-corrected chi connectivity index (χ1v) is 7.04. The number of nitrogens with zero attached hydrogens (tertiary/aromatic N) is 1. The summed E-state index contributed by atoms with van der Waals surface area (Å²) in [6.07, 6.45) is 7.42. The van der Waals surface area contributed by atoms with Gasteiger partial charge in [0.2, 0.25) is 0 Å². The fourth-order valence-corrected chi connectivity index (χ4v) is 3.06. The molecule has 1 heteroatoms. The van der Waals surface area contributed by atoms with E-state index in [0.29, 0.717) is 5.92 Å². The largest absolute Gasteiger partial charge is 0.301 e. The van der Waals surface area contributed by atoms with Crippen molar-refractivity contribution in [3.63, 3.8) is 0 Å². The third-order valence-corrected chi connectivity index (χ3v) is 4.02. The van der Waals surface area contributed by atoms with E-state index in [4.69, 9.17) is 0 Å². The molecule has 0 amide bonds. The van der Waals surface area contributed by atoms with Crippen LogP contribution < -0.4 is 0 Å². The van der Waals surface area contributed by atoms with Crippen molar-refractivity contribution in [3.05, 3.63) is 0 Å². The van der Waals surface area contributed by atoms with Crippen LogP contribution in [-0.2, 0) is 0 Å². The van der Waals surface area contributed by atoms with Crippen molar-refractivity contribution in [3.8, 4) is 0 Å². The molecule has 0 aromatic rings. The highest BCUT2D eigenvalue weighted by molar-refractivity contribution is 5.60. The van der Waals surface area contributed by atoms with Crippen LogP contribution in [0.3, 0.4) is 0 Å². The van der Waals surface area contributed by atoms with Crippen LogP contribution in [-0.4, -0.2) is 13.3 Å². The SMILES string of the molecule is CCCC(CC)C(C(C)C=NC)C(C)CC. The molecule has 0 spiro atoms. The Hall–Kier alpha value is -0.330. The molecular formula is C15H31N. The third kappa shape index (κ3) is 4.67. The first-order chi connectivity index (χ1) is 7.62. The Bertz CT molecular complexity index is 186. The first kappa shape index (κ1) is 15.7. The van der Waals surface area contributed by atoms with Crippen LogP contribution in [0.4, 0.5) is 0 Å². The van der Waals surface area contributed by atoms with Gasteiger partial charge in [0.25, 0.3) is 0 Å². The molecule has 16 heavy (non-hydrogen) atoms. The topological polar surface area (TPSA) is 12.4 Å². The van der Waals surface area contributed by atoms with Crippen molar-refractivity contribution in [1.82, 2.24) is 0 Å². The van der Waals surface area contributed by atoms with Crippen molar-refractivity contribution < 1.29 is 0 Å². The summed E-state index contributed by atoms with van der Waals surface area (Å²) in [5, 5.41) is 0. The third-order valence-electron chi connectivity index (χ3n) is 4.02. The summed E-state index contributed by atoms with van der Waals surface area (Å²) < 4.78 is 0. The van der Waals surface area contributed by atoms with Crippen LogP contribution in [0.5, 0.6) is 0 Å². The zero-order valence-corrected chi connectivity index (χ0v) is 12.2. The van der Waals surface area contributed by atoms with E-state index < -0.39 is 0 Å². The van der Waals surface area contributed by atoms with Crippen molar-refractivity contribution in [2.75, 3.05) is 7.05 Å². The van der Waals surface area contributed by atoms with E-state index in [9.17, 15) is 0 Å². The molecule has 1 nitrogen and oxygen atoms in total. The molecule has 0 rings (SSSR count). The molecule has 0 aromatic heterocycles. The minimum Gasteiger partial charge on any atom is -0.301 e. The van der Waals surface area contributed by atoms with E-state index >= 15 is 0 Å². The Morgan fingerprint density at radius 3 is 2.06 bits per heavy atom. The summed E-state index contributed by atoms with van der Waals surface area (Å²) >= 11 is 0. The van der Waals surface area contributed by atoms with Crippen LogP contribution in [0.15, 0.2) is 4.99 Å². The summed E-state index contributed by atoms with van der Waals surface area (Å²) in [7, 11) is 1.89. The lowest BCUT2D eigenvalue weighted by molar-refractivity contribution is 0.181. The number of hydrogen-bond donors (Lipinski definition) is 0. The lowest BCUT2D eigenvalue weighted by Crippen LogP contribution is -2.28. The Morgan fingerprint density at radius 2 is 1.69 bits per heavy atom. The van der Waals surface area contributed by atoms with Gasteiger partial charge in [-0.25, -0.2) is 0 Å². The van der Waals surface area contributed by atoms with Crippen LogP contribution in [0.25, 0.3) is 0 Å². The summed E-state index contributed by atoms with van der Waals surface area (Å²) in [6.45, 7) is 11.7. The molecule has 0 aromatic carbocycles. The fraction of sp³-hybridized carbons (Fsp3) is 0.933. The van der Waals surface area contributed by atoms with E-state index in [1.165, 1.54) is 25.7 Å². The Balaban J connectivity index is 4.74. The van der Waals surface area contributed by atoms with Crippen molar-refractivity contribution >= 4 is 6.21 Å². The zero-order valence-electron chi connectivity index (χ0n) is 12.2. The molecule has 0 aliphatic carbocycles. The molecule has 0 bridgehead atoms. The molecule has 0 radical (unpaired) electrons. The van der Waals surface area contributed by atoms with Gasteiger partial charge in [-0.1, -0.05) is 60.3 Å². The molecule has 0 saturated carbocycles. The Labute approximate surface area is 103 Å². The van der Waals surface area contributed by atoms with Crippen molar-refractivity contribution in [2.24, 2.45) is 28.7 Å². The quantitative estimate of drug-likeness (QED) is 0.526. The first-order valence-electron chi connectivity index (χ1n) is 7.04. The molecule has 96 valence electrons. The number of aliphatic imine (C=N–C) groups is 1. The lowest BCUT2D eigenvalue weighted by atomic mass is 9.71. The van der Waals surface area contributed by atoms with Crippen LogP contribution >= 0.6 is 0 Å². The van der Waals surface area contributed by atoms with Crippen LogP contribution in [0.1, 0.15) is 60.3 Å². The van der Waals surface area contributed by atoms with E-state index in [-0.39, 0.29) is 0 Å². The lowest BCUT2D eigenvalue weighted by Gasteiger charge is -2.34. The molecule has 0 heterocycles. The van der Waals surface area contributed by atoms with E-state index in [1.54, 1.807) is 0 Å². The van der Waals surface area contributed by atoms with E-state index in [2.05, 4.69) is 45.8 Å². The summed E-state index contributed by atoms with van der Waals surface area (Å²) in [4.78, 5) is 4.23. The van der Waals surface area contributed by atoms with Gasteiger partial charge in [0.05, 0.1) is 0 Å². The second-order valence-electron chi connectivity index (χ2n) is 5.19. The summed E-state index contributed by atoms with van der Waals surface area (Å²) in [5.41, 5.74) is 0. The molecule has 0 saturated heterocycles. The average molecular weight is 225 g/mol. The van der Waals surface area contributed by atoms with Gasteiger partial charge in [0, 0.05) is 13.3 Å². The van der Waals surface area contributed by atoms with Gasteiger partial charge in [-0.2, -0.15) is 0 Å². The maximum Gasteiger partial charge on any atom is 0.0273 e. The molecule has 4 unspecified atom stereocenters. The highest BCUT2D eigenvalue weighted by Crippen LogP contribution is 2.34. The Kier molecular flexibility index (Phi) is 8.60. The highest BCUT2D eigenvalue weighted by Gasteiger charge is 2.28. The maximum atomic E-state index is 4.23. The van der Waals surface area contributed by atoms with Crippen LogP contribution in [0.2, 0.25) is 0 Å². The van der Waals surface area contributed by atoms with Gasteiger partial charge in [-0.15, -0.1) is 0 Å². The predicted molar refractivity (Wildman–Crippen MR) is 75.2 cm³/mol. The minimum absolute atomic E-state index is 0.622. The molecule has 0 aliphatic heterocycles. The van der Waals surface area contributed by atoms with Gasteiger partial charge < -0.3 is 4.99 Å². The second-order valence-corrected chi connectivity index (χ2v) is 5.19. The van der Waals surface area contributed by atoms with Gasteiger partial charge in [-0.3, -0.25) is 0 Å². The summed E-state index contributed by atoms with van der Waals surface area (Å²) in [6, 6.07) is 0. The minimum atomic E-state index is 0.622. The molecule has 0 aliphatic rings. The van der Waals surface area contributed by atoms with Gasteiger partial charge in [-0.05, 0) is 23.7 Å². The molecule has 0 N–H and O–H groups in total. The summed E-state index contributed by atoms with van der Waals surface area (Å²) in [5.74, 6) is 3.10. The monoisotopic (exact) mass is 225 g/mol. The van der Waals surface area contributed by atoms with Gasteiger partial charge >= 0.3 is 0 Å². The second kappa shape index (κ2) is 8.78. The van der Waals surface area contributed by atoms with Crippen molar-refractivity contribution in [2.45, 2.75) is 60.3 Å². The number of rotatable bonds is 8. The Morgan fingerprint density at radius 1 is 1.06 bits per heavy atom. The standard InChI is InChI=1S/C15H31N/c1-7-10-14(9-3)15(12(4)8-2)13(5)11-16-6/h11-15H,7-10H2,1-6H3. The van der Waals surface area contributed by atoms with E-state index in [1.807, 2.05) is 7.05 Å².